The molecule has 0 radical (unpaired) electrons. The van der Waals surface area contributed by atoms with Crippen molar-refractivity contribution in [1.82, 2.24) is 0 Å². The Bertz CT molecular complexity index is 463. The van der Waals surface area contributed by atoms with E-state index in [1.165, 1.54) is 11.1 Å². The fourth-order valence-electron chi connectivity index (χ4n) is 1.98. The average Bonchev–Trinajstić information content (AvgIpc) is 2.35. The summed E-state index contributed by atoms with van der Waals surface area (Å²) in [7, 11) is 1.67. The first-order valence-electron chi connectivity index (χ1n) is 5.71. The van der Waals surface area contributed by atoms with Crippen LogP contribution in [0.1, 0.15) is 24.8 Å². The van der Waals surface area contributed by atoms with Crippen LogP contribution >= 0.6 is 15.9 Å². The smallest absolute Gasteiger partial charge is 0.136 e. The van der Waals surface area contributed by atoms with E-state index < -0.39 is 0 Å². The molecule has 2 rings (SSSR count). The Kier molecular flexibility index (Phi) is 4.00. The highest BCUT2D eigenvalue weighted by molar-refractivity contribution is 9.10. The highest BCUT2D eigenvalue weighted by Crippen LogP contribution is 2.27. The number of hydrogen-bond donors (Lipinski definition) is 0. The molecule has 0 spiro atoms. The minimum atomic E-state index is 0.346. The minimum absolute atomic E-state index is 0.346. The van der Waals surface area contributed by atoms with Crippen molar-refractivity contribution in [3.8, 4) is 5.75 Å². The monoisotopic (exact) mass is 294 g/mol. The molecule has 1 aliphatic rings. The minimum Gasteiger partial charge on any atom is -0.497 e. The topological polar surface area (TPSA) is 26.3 Å². The van der Waals surface area contributed by atoms with Crippen molar-refractivity contribution < 1.29 is 9.53 Å². The summed E-state index contributed by atoms with van der Waals surface area (Å²) in [6.45, 7) is 0. The predicted octanol–water partition coefficient (Wildman–Crippen LogP) is 3.68. The molecule has 1 aromatic carbocycles. The molecular weight excluding hydrogens is 280 g/mol. The van der Waals surface area contributed by atoms with Gasteiger partial charge in [0.25, 0.3) is 0 Å². The van der Waals surface area contributed by atoms with Crippen LogP contribution in [0.3, 0.4) is 0 Å². The van der Waals surface area contributed by atoms with Crippen molar-refractivity contribution in [3.05, 3.63) is 39.9 Å². The van der Waals surface area contributed by atoms with E-state index in [-0.39, 0.29) is 0 Å². The van der Waals surface area contributed by atoms with Gasteiger partial charge < -0.3 is 4.74 Å². The molecule has 0 N–H and O–H groups in total. The lowest BCUT2D eigenvalue weighted by Gasteiger charge is -2.13. The van der Waals surface area contributed by atoms with E-state index in [4.69, 9.17) is 4.74 Å². The van der Waals surface area contributed by atoms with Crippen LogP contribution in [0.25, 0.3) is 0 Å². The number of ether oxygens (including phenoxy) is 1. The fourth-order valence-corrected chi connectivity index (χ4v) is 2.37. The molecular formula is C14H15BrO2. The molecule has 0 fully saturated rings. The lowest BCUT2D eigenvalue weighted by molar-refractivity contribution is -0.118. The Morgan fingerprint density at radius 3 is 2.82 bits per heavy atom. The number of Topliss-reactive ketones (excluding diaryl/α,β-unsaturated/α-hetero) is 1. The lowest BCUT2D eigenvalue weighted by Crippen LogP contribution is -2.05. The van der Waals surface area contributed by atoms with Gasteiger partial charge in [0, 0.05) is 17.3 Å². The summed E-state index contributed by atoms with van der Waals surface area (Å²) in [4.78, 5) is 11.2. The van der Waals surface area contributed by atoms with E-state index in [1.54, 1.807) is 7.11 Å². The van der Waals surface area contributed by atoms with Crippen LogP contribution in [0.5, 0.6) is 5.75 Å². The summed E-state index contributed by atoms with van der Waals surface area (Å²) < 4.78 is 6.32. The number of rotatable bonds is 3. The third-order valence-corrected chi connectivity index (χ3v) is 3.79. The lowest BCUT2D eigenvalue weighted by atomic mass is 9.93. The summed E-state index contributed by atoms with van der Waals surface area (Å²) in [5.74, 6) is 1.22. The normalized spacial score (nSPS) is 15.6. The number of benzene rings is 1. The Hall–Kier alpha value is -1.09. The number of hydrogen-bond acceptors (Lipinski definition) is 2. The molecule has 0 bridgehead atoms. The van der Waals surface area contributed by atoms with Gasteiger partial charge in [-0.25, -0.2) is 0 Å². The number of halogens is 1. The standard InChI is InChI=1S/C14H15BrO2/c1-17-13-6-7-14(15)11(9-13)8-10-2-4-12(16)5-3-10/h2,6-7,9H,3-5,8H2,1H3. The largest absolute Gasteiger partial charge is 0.497 e. The summed E-state index contributed by atoms with van der Waals surface area (Å²) in [5.41, 5.74) is 2.56. The molecule has 0 saturated heterocycles. The molecule has 0 aromatic heterocycles. The molecule has 3 heteroatoms. The average molecular weight is 295 g/mol. The molecule has 0 atom stereocenters. The van der Waals surface area contributed by atoms with Crippen molar-refractivity contribution in [3.63, 3.8) is 0 Å². The number of allylic oxidation sites excluding steroid dienone is 2. The third kappa shape index (κ3) is 3.19. The number of methoxy groups -OCH3 is 1. The molecule has 0 heterocycles. The molecule has 0 amide bonds. The molecule has 0 unspecified atom stereocenters. The summed E-state index contributed by atoms with van der Waals surface area (Å²) in [6.07, 6.45) is 5.13. The van der Waals surface area contributed by atoms with E-state index >= 15 is 0 Å². The number of carbonyl (C=O) groups is 1. The molecule has 2 nitrogen and oxygen atoms in total. The highest BCUT2D eigenvalue weighted by atomic mass is 79.9. The zero-order valence-electron chi connectivity index (χ0n) is 9.83. The first kappa shape index (κ1) is 12.4. The Morgan fingerprint density at radius 1 is 1.35 bits per heavy atom. The van der Waals surface area contributed by atoms with Crippen LogP contribution in [-0.2, 0) is 11.2 Å². The number of ketones is 1. The quantitative estimate of drug-likeness (QED) is 0.795. The van der Waals surface area contributed by atoms with Crippen LogP contribution < -0.4 is 4.74 Å². The predicted molar refractivity (Wildman–Crippen MR) is 71.3 cm³/mol. The van der Waals surface area contributed by atoms with Crippen LogP contribution in [0.15, 0.2) is 34.3 Å². The van der Waals surface area contributed by atoms with Gasteiger partial charge in [0.05, 0.1) is 7.11 Å². The Balaban J connectivity index is 2.15. The maximum atomic E-state index is 11.2. The fraction of sp³-hybridized carbons (Fsp3) is 0.357. The van der Waals surface area contributed by atoms with Crippen LogP contribution in [0.4, 0.5) is 0 Å². The maximum absolute atomic E-state index is 11.2. The van der Waals surface area contributed by atoms with Crippen molar-refractivity contribution in [2.75, 3.05) is 7.11 Å². The summed E-state index contributed by atoms with van der Waals surface area (Å²) >= 11 is 3.55. The molecule has 0 aliphatic heterocycles. The van der Waals surface area contributed by atoms with Gasteiger partial charge in [0.1, 0.15) is 11.5 Å². The van der Waals surface area contributed by atoms with Gasteiger partial charge in [-0.15, -0.1) is 0 Å². The van der Waals surface area contributed by atoms with Crippen molar-refractivity contribution in [2.24, 2.45) is 0 Å². The van der Waals surface area contributed by atoms with Crippen LogP contribution in [0, 0.1) is 0 Å². The molecule has 0 saturated carbocycles. The summed E-state index contributed by atoms with van der Waals surface area (Å²) in [5, 5.41) is 0. The molecule has 1 aromatic rings. The first-order valence-corrected chi connectivity index (χ1v) is 6.50. The van der Waals surface area contributed by atoms with E-state index in [9.17, 15) is 4.79 Å². The Morgan fingerprint density at radius 2 is 2.18 bits per heavy atom. The molecule has 17 heavy (non-hydrogen) atoms. The van der Waals surface area contributed by atoms with Gasteiger partial charge in [0.2, 0.25) is 0 Å². The SMILES string of the molecule is COc1ccc(Br)c(CC2=CCC(=O)CC2)c1. The van der Waals surface area contributed by atoms with E-state index in [2.05, 4.69) is 22.0 Å². The van der Waals surface area contributed by atoms with Gasteiger partial charge in [-0.1, -0.05) is 27.6 Å². The third-order valence-electron chi connectivity index (χ3n) is 3.01. The second-order valence-electron chi connectivity index (χ2n) is 4.24. The Labute approximate surface area is 110 Å². The van der Waals surface area contributed by atoms with Gasteiger partial charge >= 0.3 is 0 Å². The van der Waals surface area contributed by atoms with Crippen molar-refractivity contribution >= 4 is 21.7 Å². The zero-order valence-corrected chi connectivity index (χ0v) is 11.4. The van der Waals surface area contributed by atoms with Crippen molar-refractivity contribution in [1.29, 1.82) is 0 Å². The summed E-state index contributed by atoms with van der Waals surface area (Å²) in [6, 6.07) is 5.98. The van der Waals surface area contributed by atoms with E-state index in [1.807, 2.05) is 18.2 Å². The van der Waals surface area contributed by atoms with E-state index in [0.717, 1.165) is 23.1 Å². The van der Waals surface area contributed by atoms with Gasteiger partial charge in [0.15, 0.2) is 0 Å². The highest BCUT2D eigenvalue weighted by Gasteiger charge is 2.12. The van der Waals surface area contributed by atoms with Crippen molar-refractivity contribution in [2.45, 2.75) is 25.7 Å². The second-order valence-corrected chi connectivity index (χ2v) is 5.09. The van der Waals surface area contributed by atoms with E-state index in [0.29, 0.717) is 18.6 Å². The molecule has 90 valence electrons. The van der Waals surface area contributed by atoms with Crippen LogP contribution in [-0.4, -0.2) is 12.9 Å². The second kappa shape index (κ2) is 5.50. The maximum Gasteiger partial charge on any atom is 0.136 e. The first-order chi connectivity index (χ1) is 8.19. The van der Waals surface area contributed by atoms with Gasteiger partial charge in [-0.05, 0) is 36.6 Å². The molecule has 1 aliphatic carbocycles. The number of carbonyl (C=O) groups excluding carboxylic acids is 1. The van der Waals surface area contributed by atoms with Gasteiger partial charge in [-0.2, -0.15) is 0 Å². The zero-order chi connectivity index (χ0) is 12.3. The van der Waals surface area contributed by atoms with Gasteiger partial charge in [-0.3, -0.25) is 4.79 Å². The van der Waals surface area contributed by atoms with Crippen LogP contribution in [0.2, 0.25) is 0 Å².